The predicted octanol–water partition coefficient (Wildman–Crippen LogP) is 3.88. The number of anilines is 1. The number of nitriles is 1. The van der Waals surface area contributed by atoms with Gasteiger partial charge in [-0.15, -0.1) is 0 Å². The average molecular weight is 416 g/mol. The largest absolute Gasteiger partial charge is 0.278 e. The molecule has 0 fully saturated rings. The number of rotatable bonds is 3. The van der Waals surface area contributed by atoms with Gasteiger partial charge < -0.3 is 0 Å². The van der Waals surface area contributed by atoms with Crippen LogP contribution in [-0.4, -0.2) is 8.42 Å². The minimum absolute atomic E-state index is 0.0441. The van der Waals surface area contributed by atoms with Crippen LogP contribution in [0, 0.1) is 11.3 Å². The van der Waals surface area contributed by atoms with Crippen molar-refractivity contribution in [2.75, 3.05) is 4.72 Å². The summed E-state index contributed by atoms with van der Waals surface area (Å²) in [7, 11) is -3.81. The molecule has 0 unspecified atom stereocenters. The monoisotopic (exact) mass is 414 g/mol. The summed E-state index contributed by atoms with van der Waals surface area (Å²) in [5.74, 6) is 0. The van der Waals surface area contributed by atoms with Crippen molar-refractivity contribution in [1.29, 1.82) is 5.26 Å². The molecule has 0 aromatic heterocycles. The van der Waals surface area contributed by atoms with Crippen LogP contribution in [0.1, 0.15) is 5.56 Å². The zero-order valence-electron chi connectivity index (χ0n) is 9.97. The summed E-state index contributed by atoms with van der Waals surface area (Å²) in [4.78, 5) is -0.0441. The van der Waals surface area contributed by atoms with E-state index < -0.39 is 10.0 Å². The number of benzene rings is 2. The van der Waals surface area contributed by atoms with Crippen LogP contribution in [0.5, 0.6) is 0 Å². The first-order valence-electron chi connectivity index (χ1n) is 5.41. The molecule has 2 rings (SSSR count). The highest BCUT2D eigenvalue weighted by molar-refractivity contribution is 9.11. The first kappa shape index (κ1) is 15.0. The van der Waals surface area contributed by atoms with Crippen LogP contribution < -0.4 is 4.72 Å². The smallest absolute Gasteiger partial charge is 0.263 e. The Hall–Kier alpha value is -1.36. The fourth-order valence-corrected chi connectivity index (χ4v) is 4.08. The molecule has 0 spiro atoms. The van der Waals surface area contributed by atoms with Crippen molar-refractivity contribution in [2.24, 2.45) is 0 Å². The number of hydrogen-bond acceptors (Lipinski definition) is 3. The van der Waals surface area contributed by atoms with E-state index in [0.29, 0.717) is 10.2 Å². The first-order chi connectivity index (χ1) is 9.44. The van der Waals surface area contributed by atoms with Gasteiger partial charge in [0.05, 0.1) is 11.3 Å². The lowest BCUT2D eigenvalue weighted by atomic mass is 10.2. The molecule has 0 saturated heterocycles. The Bertz CT molecular complexity index is 798. The fourth-order valence-electron chi connectivity index (χ4n) is 1.57. The summed E-state index contributed by atoms with van der Waals surface area (Å²) < 4.78 is 28.5. The van der Waals surface area contributed by atoms with Crippen molar-refractivity contribution in [2.45, 2.75) is 4.90 Å². The summed E-state index contributed by atoms with van der Waals surface area (Å²) in [5, 5.41) is 8.98. The zero-order chi connectivity index (χ0) is 14.8. The second-order valence-corrected chi connectivity index (χ2v) is 7.26. The van der Waals surface area contributed by atoms with Crippen molar-refractivity contribution in [3.63, 3.8) is 0 Å². The van der Waals surface area contributed by atoms with E-state index in [9.17, 15) is 8.42 Å². The van der Waals surface area contributed by atoms with Gasteiger partial charge in [-0.2, -0.15) is 5.26 Å². The molecule has 0 saturated carbocycles. The molecule has 4 nitrogen and oxygen atoms in total. The van der Waals surface area contributed by atoms with E-state index in [2.05, 4.69) is 36.6 Å². The van der Waals surface area contributed by atoms with Crippen LogP contribution in [0.4, 0.5) is 5.69 Å². The lowest BCUT2D eigenvalue weighted by Gasteiger charge is -2.11. The molecule has 0 amide bonds. The minimum Gasteiger partial charge on any atom is -0.278 e. The van der Waals surface area contributed by atoms with Gasteiger partial charge in [0.15, 0.2) is 0 Å². The predicted molar refractivity (Wildman–Crippen MR) is 83.8 cm³/mol. The summed E-state index contributed by atoms with van der Waals surface area (Å²) in [6.07, 6.45) is 0. The summed E-state index contributed by atoms with van der Waals surface area (Å²) >= 11 is 6.58. The van der Waals surface area contributed by atoms with Crippen LogP contribution in [0.2, 0.25) is 0 Å². The Morgan fingerprint density at radius 3 is 2.45 bits per heavy atom. The van der Waals surface area contributed by atoms with Crippen LogP contribution in [0.25, 0.3) is 0 Å². The lowest BCUT2D eigenvalue weighted by Crippen LogP contribution is -2.14. The third-order valence-corrected chi connectivity index (χ3v) is 5.05. The highest BCUT2D eigenvalue weighted by atomic mass is 79.9. The van der Waals surface area contributed by atoms with E-state index in [0.717, 1.165) is 4.47 Å². The Balaban J connectivity index is 2.44. The first-order valence-corrected chi connectivity index (χ1v) is 8.48. The van der Waals surface area contributed by atoms with Crippen molar-refractivity contribution in [3.05, 3.63) is 57.0 Å². The zero-order valence-corrected chi connectivity index (χ0v) is 14.0. The summed E-state index contributed by atoms with van der Waals surface area (Å²) in [6, 6.07) is 13.0. The normalized spacial score (nSPS) is 10.8. The van der Waals surface area contributed by atoms with E-state index >= 15 is 0 Å². The number of hydrogen-bond donors (Lipinski definition) is 1. The van der Waals surface area contributed by atoms with Gasteiger partial charge in [-0.25, -0.2) is 8.42 Å². The van der Waals surface area contributed by atoms with E-state index in [4.69, 9.17) is 5.26 Å². The quantitative estimate of drug-likeness (QED) is 0.826. The molecule has 2 aromatic carbocycles. The molecule has 0 atom stereocenters. The minimum atomic E-state index is -3.81. The number of sulfonamides is 1. The maximum atomic E-state index is 12.3. The van der Waals surface area contributed by atoms with Gasteiger partial charge in [0, 0.05) is 8.95 Å². The Morgan fingerprint density at radius 2 is 1.80 bits per heavy atom. The van der Waals surface area contributed by atoms with Crippen molar-refractivity contribution < 1.29 is 8.42 Å². The summed E-state index contributed by atoms with van der Waals surface area (Å²) in [6.45, 7) is 0. The second kappa shape index (κ2) is 5.95. The van der Waals surface area contributed by atoms with Crippen molar-refractivity contribution >= 4 is 47.6 Å². The Morgan fingerprint density at radius 1 is 1.10 bits per heavy atom. The second-order valence-electron chi connectivity index (χ2n) is 3.84. The number of nitrogens with one attached hydrogen (secondary N) is 1. The number of nitrogens with zero attached hydrogens (tertiary/aromatic N) is 1. The van der Waals surface area contributed by atoms with Gasteiger partial charge in [-0.3, -0.25) is 4.72 Å². The third-order valence-electron chi connectivity index (χ3n) is 2.47. The standard InChI is InChI=1S/C13H8Br2N2O2S/c14-10-5-6-12(11(15)7-10)17-20(18,19)13-4-2-1-3-9(13)8-16/h1-7,17H. The molecular formula is C13H8Br2N2O2S. The van der Waals surface area contributed by atoms with Crippen LogP contribution >= 0.6 is 31.9 Å². The highest BCUT2D eigenvalue weighted by Gasteiger charge is 2.19. The molecule has 0 aliphatic carbocycles. The molecule has 20 heavy (non-hydrogen) atoms. The van der Waals surface area contributed by atoms with E-state index in [1.54, 1.807) is 30.3 Å². The van der Waals surface area contributed by atoms with Gasteiger partial charge in [0.1, 0.15) is 11.0 Å². The summed E-state index contributed by atoms with van der Waals surface area (Å²) in [5.41, 5.74) is 0.508. The number of halogens is 2. The van der Waals surface area contributed by atoms with Crippen LogP contribution in [0.15, 0.2) is 56.3 Å². The Kier molecular flexibility index (Phi) is 4.48. The Labute approximate surface area is 133 Å². The van der Waals surface area contributed by atoms with E-state index in [1.807, 2.05) is 6.07 Å². The van der Waals surface area contributed by atoms with Gasteiger partial charge in [0.2, 0.25) is 0 Å². The van der Waals surface area contributed by atoms with Gasteiger partial charge >= 0.3 is 0 Å². The molecule has 2 aromatic rings. The maximum Gasteiger partial charge on any atom is 0.263 e. The van der Waals surface area contributed by atoms with Gasteiger partial charge in [0.25, 0.3) is 10.0 Å². The fraction of sp³-hybridized carbons (Fsp3) is 0. The van der Waals surface area contributed by atoms with Gasteiger partial charge in [-0.1, -0.05) is 28.1 Å². The lowest BCUT2D eigenvalue weighted by molar-refractivity contribution is 0.601. The average Bonchev–Trinajstić information content (AvgIpc) is 2.42. The maximum absolute atomic E-state index is 12.3. The van der Waals surface area contributed by atoms with Crippen molar-refractivity contribution in [1.82, 2.24) is 0 Å². The van der Waals surface area contributed by atoms with Crippen LogP contribution in [-0.2, 0) is 10.0 Å². The van der Waals surface area contributed by atoms with E-state index in [-0.39, 0.29) is 10.5 Å². The molecule has 0 aliphatic heterocycles. The molecule has 1 N–H and O–H groups in total. The SMILES string of the molecule is N#Cc1ccccc1S(=O)(=O)Nc1ccc(Br)cc1Br. The topological polar surface area (TPSA) is 70.0 Å². The highest BCUT2D eigenvalue weighted by Crippen LogP contribution is 2.28. The molecular weight excluding hydrogens is 408 g/mol. The van der Waals surface area contributed by atoms with E-state index in [1.165, 1.54) is 12.1 Å². The molecule has 0 aliphatic rings. The van der Waals surface area contributed by atoms with Crippen molar-refractivity contribution in [3.8, 4) is 6.07 Å². The molecule has 0 heterocycles. The third kappa shape index (κ3) is 3.20. The molecule has 0 bridgehead atoms. The molecule has 0 radical (unpaired) electrons. The van der Waals surface area contributed by atoms with Crippen LogP contribution in [0.3, 0.4) is 0 Å². The van der Waals surface area contributed by atoms with Gasteiger partial charge in [-0.05, 0) is 46.3 Å². The molecule has 102 valence electrons. The molecule has 7 heteroatoms.